The maximum Gasteiger partial charge on any atom is 0.165 e. The van der Waals surface area contributed by atoms with Crippen LogP contribution in [0.5, 0.6) is 5.75 Å². The van der Waals surface area contributed by atoms with E-state index in [1.54, 1.807) is 13.0 Å². The Kier molecular flexibility index (Phi) is 4.43. The summed E-state index contributed by atoms with van der Waals surface area (Å²) >= 11 is 0. The van der Waals surface area contributed by atoms with Crippen LogP contribution in [0.2, 0.25) is 0 Å². The molecule has 3 nitrogen and oxygen atoms in total. The van der Waals surface area contributed by atoms with Crippen LogP contribution in [0.25, 0.3) is 0 Å². The van der Waals surface area contributed by atoms with Gasteiger partial charge < -0.3 is 9.84 Å². The summed E-state index contributed by atoms with van der Waals surface area (Å²) in [6, 6.07) is 4.33. The fourth-order valence-electron chi connectivity index (χ4n) is 1.37. The highest BCUT2D eigenvalue weighted by atomic mass is 19.1. The molecule has 1 aromatic carbocycles. The fraction of sp³-hybridized carbons (Fsp3) is 0.417. The van der Waals surface area contributed by atoms with Crippen LogP contribution in [0.1, 0.15) is 18.9 Å². The van der Waals surface area contributed by atoms with Crippen molar-refractivity contribution < 1.29 is 19.0 Å². The van der Waals surface area contributed by atoms with Gasteiger partial charge in [0.1, 0.15) is 6.10 Å². The lowest BCUT2D eigenvalue weighted by molar-refractivity contribution is -0.126. The zero-order valence-corrected chi connectivity index (χ0v) is 9.37. The Bertz CT molecular complexity index is 377. The lowest BCUT2D eigenvalue weighted by Crippen LogP contribution is -2.21. The smallest absolute Gasteiger partial charge is 0.165 e. The minimum absolute atomic E-state index is 0.0376. The van der Waals surface area contributed by atoms with Gasteiger partial charge in [0.05, 0.1) is 7.11 Å². The van der Waals surface area contributed by atoms with Gasteiger partial charge >= 0.3 is 0 Å². The van der Waals surface area contributed by atoms with Crippen molar-refractivity contribution in [3.8, 4) is 5.75 Å². The highest BCUT2D eigenvalue weighted by molar-refractivity contribution is 5.84. The Morgan fingerprint density at radius 2 is 2.25 bits per heavy atom. The molecule has 0 heterocycles. The van der Waals surface area contributed by atoms with Crippen molar-refractivity contribution in [2.24, 2.45) is 0 Å². The van der Waals surface area contributed by atoms with Crippen LogP contribution in [-0.2, 0) is 11.2 Å². The number of hydrogen-bond donors (Lipinski definition) is 1. The molecule has 4 heteroatoms. The maximum absolute atomic E-state index is 13.3. The molecule has 0 saturated carbocycles. The molecule has 0 aliphatic heterocycles. The summed E-state index contributed by atoms with van der Waals surface area (Å²) in [4.78, 5) is 11.4. The van der Waals surface area contributed by atoms with Crippen molar-refractivity contribution in [3.05, 3.63) is 29.6 Å². The summed E-state index contributed by atoms with van der Waals surface area (Å²) < 4.78 is 18.0. The Balaban J connectivity index is 2.75. The predicted octanol–water partition coefficient (Wildman–Crippen LogP) is 1.72. The number of aliphatic hydroxyl groups is 1. The number of ketones is 1. The first-order valence-electron chi connectivity index (χ1n) is 5.11. The van der Waals surface area contributed by atoms with Crippen molar-refractivity contribution in [1.82, 2.24) is 0 Å². The third-order valence-electron chi connectivity index (χ3n) is 2.35. The van der Waals surface area contributed by atoms with Crippen molar-refractivity contribution in [2.75, 3.05) is 7.11 Å². The molecule has 0 aliphatic rings. The van der Waals surface area contributed by atoms with Crippen molar-refractivity contribution in [3.63, 3.8) is 0 Å². The number of ether oxygens (including phenoxy) is 1. The van der Waals surface area contributed by atoms with Crippen LogP contribution in [0, 0.1) is 5.82 Å². The third kappa shape index (κ3) is 3.03. The lowest BCUT2D eigenvalue weighted by atomic mass is 10.0. The predicted molar refractivity (Wildman–Crippen MR) is 58.0 cm³/mol. The van der Waals surface area contributed by atoms with Gasteiger partial charge in [-0.25, -0.2) is 4.39 Å². The standard InChI is InChI=1S/C12H15FO3/c1-3-10(14)11(15)7-8-4-5-12(16-2)9(13)6-8/h4-6,10,14H,3,7H2,1-2H3. The molecule has 1 atom stereocenters. The Morgan fingerprint density at radius 3 is 2.75 bits per heavy atom. The third-order valence-corrected chi connectivity index (χ3v) is 2.35. The quantitative estimate of drug-likeness (QED) is 0.831. The van der Waals surface area contributed by atoms with E-state index in [-0.39, 0.29) is 18.0 Å². The topological polar surface area (TPSA) is 46.5 Å². The SMILES string of the molecule is CCC(O)C(=O)Cc1ccc(OC)c(F)c1. The van der Waals surface area contributed by atoms with Crippen molar-refractivity contribution in [2.45, 2.75) is 25.9 Å². The minimum Gasteiger partial charge on any atom is -0.494 e. The second-order valence-electron chi connectivity index (χ2n) is 3.54. The molecule has 0 radical (unpaired) electrons. The van der Waals surface area contributed by atoms with E-state index >= 15 is 0 Å². The summed E-state index contributed by atoms with van der Waals surface area (Å²) in [7, 11) is 1.38. The molecule has 16 heavy (non-hydrogen) atoms. The van der Waals surface area contributed by atoms with E-state index in [0.29, 0.717) is 12.0 Å². The van der Waals surface area contributed by atoms with Crippen molar-refractivity contribution in [1.29, 1.82) is 0 Å². The van der Waals surface area contributed by atoms with E-state index in [9.17, 15) is 14.3 Å². The number of Topliss-reactive ketones (excluding diaryl/α,β-unsaturated/α-hetero) is 1. The fourth-order valence-corrected chi connectivity index (χ4v) is 1.37. The number of aliphatic hydroxyl groups excluding tert-OH is 1. The molecule has 88 valence electrons. The van der Waals surface area contributed by atoms with Gasteiger partial charge in [0.25, 0.3) is 0 Å². The van der Waals surface area contributed by atoms with Gasteiger partial charge in [-0.05, 0) is 24.1 Å². The van der Waals surface area contributed by atoms with E-state index in [0.717, 1.165) is 0 Å². The maximum atomic E-state index is 13.3. The first kappa shape index (κ1) is 12.6. The Hall–Kier alpha value is -1.42. The van der Waals surface area contributed by atoms with Gasteiger partial charge in [0.2, 0.25) is 0 Å². The minimum atomic E-state index is -0.967. The van der Waals surface area contributed by atoms with Gasteiger partial charge in [-0.2, -0.15) is 0 Å². The number of hydrogen-bond acceptors (Lipinski definition) is 3. The van der Waals surface area contributed by atoms with Crippen LogP contribution in [0.4, 0.5) is 4.39 Å². The molecular formula is C12H15FO3. The van der Waals surface area contributed by atoms with Crippen LogP contribution in [-0.4, -0.2) is 24.1 Å². The van der Waals surface area contributed by atoms with Gasteiger partial charge in [-0.3, -0.25) is 4.79 Å². The molecule has 1 aromatic rings. The molecule has 0 amide bonds. The summed E-state index contributed by atoms with van der Waals surface area (Å²) in [5.74, 6) is -0.655. The number of methoxy groups -OCH3 is 1. The molecule has 0 aliphatic carbocycles. The normalized spacial score (nSPS) is 12.2. The summed E-state index contributed by atoms with van der Waals surface area (Å²) in [6.07, 6.45) is -0.557. The number of carbonyl (C=O) groups excluding carboxylic acids is 1. The summed E-state index contributed by atoms with van der Waals surface area (Å²) in [6.45, 7) is 1.72. The van der Waals surface area contributed by atoms with Crippen molar-refractivity contribution >= 4 is 5.78 Å². The van der Waals surface area contributed by atoms with E-state index in [2.05, 4.69) is 0 Å². The highest BCUT2D eigenvalue weighted by Crippen LogP contribution is 2.18. The highest BCUT2D eigenvalue weighted by Gasteiger charge is 2.14. The van der Waals surface area contributed by atoms with Gasteiger partial charge in [-0.1, -0.05) is 13.0 Å². The van der Waals surface area contributed by atoms with E-state index < -0.39 is 11.9 Å². The average molecular weight is 226 g/mol. The number of halogens is 1. The van der Waals surface area contributed by atoms with Crippen LogP contribution in [0.3, 0.4) is 0 Å². The number of benzene rings is 1. The zero-order valence-electron chi connectivity index (χ0n) is 9.37. The second-order valence-corrected chi connectivity index (χ2v) is 3.54. The number of rotatable bonds is 5. The molecular weight excluding hydrogens is 211 g/mol. The van der Waals surface area contributed by atoms with Crippen LogP contribution < -0.4 is 4.74 Å². The van der Waals surface area contributed by atoms with E-state index in [4.69, 9.17) is 4.74 Å². The molecule has 0 saturated heterocycles. The van der Waals surface area contributed by atoms with E-state index in [1.165, 1.54) is 19.2 Å². The largest absolute Gasteiger partial charge is 0.494 e. The van der Waals surface area contributed by atoms with Crippen LogP contribution >= 0.6 is 0 Å². The first-order valence-corrected chi connectivity index (χ1v) is 5.11. The molecule has 0 bridgehead atoms. The molecule has 0 aromatic heterocycles. The average Bonchev–Trinajstić information content (AvgIpc) is 2.28. The molecule has 0 spiro atoms. The second kappa shape index (κ2) is 5.61. The van der Waals surface area contributed by atoms with E-state index in [1.807, 2.05) is 0 Å². The Morgan fingerprint density at radius 1 is 1.56 bits per heavy atom. The molecule has 1 unspecified atom stereocenters. The van der Waals surface area contributed by atoms with Gasteiger partial charge in [0.15, 0.2) is 17.3 Å². The van der Waals surface area contributed by atoms with Gasteiger partial charge in [-0.15, -0.1) is 0 Å². The monoisotopic (exact) mass is 226 g/mol. The molecule has 0 fully saturated rings. The lowest BCUT2D eigenvalue weighted by Gasteiger charge is -2.07. The Labute approximate surface area is 93.9 Å². The summed E-state index contributed by atoms with van der Waals surface area (Å²) in [5.41, 5.74) is 0.538. The van der Waals surface area contributed by atoms with Gasteiger partial charge in [0, 0.05) is 6.42 Å². The van der Waals surface area contributed by atoms with Crippen LogP contribution in [0.15, 0.2) is 18.2 Å². The molecule has 1 rings (SSSR count). The summed E-state index contributed by atoms with van der Waals surface area (Å²) in [5, 5.41) is 9.29. The first-order chi connectivity index (χ1) is 7.58. The molecule has 1 N–H and O–H groups in total. The number of carbonyl (C=O) groups is 1. The zero-order chi connectivity index (χ0) is 12.1.